The average molecular weight is 393 g/mol. The van der Waals surface area contributed by atoms with E-state index in [0.717, 1.165) is 43.7 Å². The van der Waals surface area contributed by atoms with Crippen LogP contribution in [0.5, 0.6) is 0 Å². The maximum absolute atomic E-state index is 12.3. The summed E-state index contributed by atoms with van der Waals surface area (Å²) in [5.74, 6) is 0.374. The Kier molecular flexibility index (Phi) is 6.09. The summed E-state index contributed by atoms with van der Waals surface area (Å²) in [7, 11) is 0. The Hall–Kier alpha value is -2.57. The number of carbonyl (C=O) groups is 1. The van der Waals surface area contributed by atoms with Crippen molar-refractivity contribution >= 4 is 22.4 Å². The molecule has 144 valence electrons. The molecule has 0 bridgehead atoms. The smallest absolute Gasteiger partial charge is 0.240 e. The highest BCUT2D eigenvalue weighted by atomic mass is 32.1. The number of rotatable bonds is 6. The first-order chi connectivity index (χ1) is 13.8. The van der Waals surface area contributed by atoms with Gasteiger partial charge in [-0.1, -0.05) is 36.4 Å². The minimum atomic E-state index is 0.00128. The summed E-state index contributed by atoms with van der Waals surface area (Å²) in [5.41, 5.74) is 3.51. The molecule has 3 aromatic rings. The number of anilines is 1. The molecular formula is C22H24N4OS. The highest BCUT2D eigenvalue weighted by molar-refractivity contribution is 7.13. The first-order valence-electron chi connectivity index (χ1n) is 9.68. The van der Waals surface area contributed by atoms with Crippen LogP contribution in [0.25, 0.3) is 0 Å². The lowest BCUT2D eigenvalue weighted by Crippen LogP contribution is -2.40. The molecular weight excluding hydrogens is 368 g/mol. The predicted molar refractivity (Wildman–Crippen MR) is 113 cm³/mol. The van der Waals surface area contributed by atoms with Crippen LogP contribution in [0, 0.1) is 0 Å². The van der Waals surface area contributed by atoms with E-state index in [1.165, 1.54) is 16.9 Å². The van der Waals surface area contributed by atoms with Crippen molar-refractivity contribution in [3.05, 3.63) is 77.1 Å². The number of benzene rings is 1. The standard InChI is InChI=1S/C22H24N4OS/c27-21(25-22-23-11-13-28-22)16-26-12-5-8-18(15-26)20-10-4-9-19(24-20)14-17-6-2-1-3-7-17/h1-4,6-7,9-11,13,18H,5,8,12,14-16H2,(H,23,25,27)/t18-/m0/s1. The number of carbonyl (C=O) groups excluding carboxylic acids is 1. The van der Waals surface area contributed by atoms with Gasteiger partial charge in [-0.05, 0) is 37.1 Å². The number of nitrogens with zero attached hydrogens (tertiary/aromatic N) is 3. The molecule has 1 aromatic carbocycles. The lowest BCUT2D eigenvalue weighted by atomic mass is 9.94. The van der Waals surface area contributed by atoms with Gasteiger partial charge in [0.15, 0.2) is 5.13 Å². The molecule has 2 aromatic heterocycles. The van der Waals surface area contributed by atoms with Crippen molar-refractivity contribution < 1.29 is 4.79 Å². The maximum atomic E-state index is 12.3. The Morgan fingerprint density at radius 2 is 2.07 bits per heavy atom. The largest absolute Gasteiger partial charge is 0.301 e. The van der Waals surface area contributed by atoms with Gasteiger partial charge in [0.25, 0.3) is 0 Å². The van der Waals surface area contributed by atoms with Crippen molar-refractivity contribution in [2.24, 2.45) is 0 Å². The van der Waals surface area contributed by atoms with E-state index < -0.39 is 0 Å². The van der Waals surface area contributed by atoms with Crippen molar-refractivity contribution in [2.45, 2.75) is 25.2 Å². The van der Waals surface area contributed by atoms with E-state index in [-0.39, 0.29) is 5.91 Å². The first kappa shape index (κ1) is 18.8. The van der Waals surface area contributed by atoms with Crippen LogP contribution in [-0.4, -0.2) is 40.4 Å². The van der Waals surface area contributed by atoms with Crippen LogP contribution in [0.2, 0.25) is 0 Å². The third-order valence-corrected chi connectivity index (χ3v) is 5.71. The highest BCUT2D eigenvalue weighted by Gasteiger charge is 2.24. The van der Waals surface area contributed by atoms with Crippen molar-refractivity contribution in [1.82, 2.24) is 14.9 Å². The second-order valence-electron chi connectivity index (χ2n) is 7.18. The van der Waals surface area contributed by atoms with Gasteiger partial charge in [-0.15, -0.1) is 11.3 Å². The molecule has 0 aliphatic carbocycles. The molecule has 0 spiro atoms. The number of nitrogens with one attached hydrogen (secondary N) is 1. The molecule has 0 radical (unpaired) electrons. The van der Waals surface area contributed by atoms with E-state index >= 15 is 0 Å². The quantitative estimate of drug-likeness (QED) is 0.690. The minimum Gasteiger partial charge on any atom is -0.301 e. The van der Waals surface area contributed by atoms with Gasteiger partial charge in [0.05, 0.1) is 6.54 Å². The number of pyridine rings is 1. The molecule has 1 amide bonds. The summed E-state index contributed by atoms with van der Waals surface area (Å²) >= 11 is 1.44. The number of likely N-dealkylation sites (tertiary alicyclic amines) is 1. The van der Waals surface area contributed by atoms with Gasteiger partial charge in [0, 0.05) is 41.8 Å². The Labute approximate surface area is 169 Å². The van der Waals surface area contributed by atoms with E-state index in [0.29, 0.717) is 17.6 Å². The van der Waals surface area contributed by atoms with Crippen LogP contribution in [0.15, 0.2) is 60.1 Å². The van der Waals surface area contributed by atoms with Gasteiger partial charge >= 0.3 is 0 Å². The third-order valence-electron chi connectivity index (χ3n) is 5.03. The summed E-state index contributed by atoms with van der Waals surface area (Å²) in [6.45, 7) is 2.22. The molecule has 4 rings (SSSR count). The fraction of sp³-hybridized carbons (Fsp3) is 0.318. The summed E-state index contributed by atoms with van der Waals surface area (Å²) in [5, 5.41) is 5.39. The molecule has 6 heteroatoms. The summed E-state index contributed by atoms with van der Waals surface area (Å²) in [6, 6.07) is 16.8. The molecule has 0 saturated carbocycles. The van der Waals surface area contributed by atoms with Crippen molar-refractivity contribution in [3.63, 3.8) is 0 Å². The van der Waals surface area contributed by atoms with Crippen LogP contribution < -0.4 is 5.32 Å². The van der Waals surface area contributed by atoms with Gasteiger partial charge in [-0.3, -0.25) is 14.7 Å². The molecule has 1 aliphatic heterocycles. The second kappa shape index (κ2) is 9.08. The molecule has 0 unspecified atom stereocenters. The Morgan fingerprint density at radius 3 is 2.89 bits per heavy atom. The van der Waals surface area contributed by atoms with Crippen LogP contribution in [0.1, 0.15) is 35.7 Å². The Morgan fingerprint density at radius 1 is 1.18 bits per heavy atom. The van der Waals surface area contributed by atoms with E-state index in [2.05, 4.69) is 57.7 Å². The van der Waals surface area contributed by atoms with Gasteiger partial charge in [0.1, 0.15) is 0 Å². The predicted octanol–water partition coefficient (Wildman–Crippen LogP) is 3.95. The number of hydrogen-bond acceptors (Lipinski definition) is 5. The van der Waals surface area contributed by atoms with Gasteiger partial charge in [-0.2, -0.15) is 0 Å². The average Bonchev–Trinajstić information content (AvgIpc) is 3.22. The molecule has 3 heterocycles. The first-order valence-corrected chi connectivity index (χ1v) is 10.6. The highest BCUT2D eigenvalue weighted by Crippen LogP contribution is 2.26. The van der Waals surface area contributed by atoms with Gasteiger partial charge in [0.2, 0.25) is 5.91 Å². The summed E-state index contributed by atoms with van der Waals surface area (Å²) in [4.78, 5) is 23.5. The van der Waals surface area contributed by atoms with Gasteiger partial charge in [-0.25, -0.2) is 4.98 Å². The van der Waals surface area contributed by atoms with Crippen molar-refractivity contribution in [1.29, 1.82) is 0 Å². The monoisotopic (exact) mass is 392 g/mol. The van der Waals surface area contributed by atoms with Crippen LogP contribution in [0.3, 0.4) is 0 Å². The van der Waals surface area contributed by atoms with E-state index in [9.17, 15) is 4.79 Å². The SMILES string of the molecule is O=C(CN1CCC[C@H](c2cccc(Cc3ccccc3)n2)C1)Nc1nccs1. The maximum Gasteiger partial charge on any atom is 0.240 e. The fourth-order valence-electron chi connectivity index (χ4n) is 3.72. The van der Waals surface area contributed by atoms with Gasteiger partial charge < -0.3 is 5.32 Å². The van der Waals surface area contributed by atoms with Crippen LogP contribution in [-0.2, 0) is 11.2 Å². The topological polar surface area (TPSA) is 58.1 Å². The normalized spacial score (nSPS) is 17.4. The lowest BCUT2D eigenvalue weighted by molar-refractivity contribution is -0.117. The van der Waals surface area contributed by atoms with E-state index in [1.807, 2.05) is 11.4 Å². The zero-order valence-corrected chi connectivity index (χ0v) is 16.6. The molecule has 5 nitrogen and oxygen atoms in total. The number of piperidine rings is 1. The summed E-state index contributed by atoms with van der Waals surface area (Å²) < 4.78 is 0. The van der Waals surface area contributed by atoms with Crippen LogP contribution >= 0.6 is 11.3 Å². The fourth-order valence-corrected chi connectivity index (χ4v) is 4.26. The number of thiazole rings is 1. The second-order valence-corrected chi connectivity index (χ2v) is 8.07. The molecule has 1 atom stereocenters. The van der Waals surface area contributed by atoms with Crippen molar-refractivity contribution in [3.8, 4) is 0 Å². The molecule has 1 fully saturated rings. The van der Waals surface area contributed by atoms with E-state index in [1.54, 1.807) is 6.20 Å². The number of hydrogen-bond donors (Lipinski definition) is 1. The zero-order valence-electron chi connectivity index (χ0n) is 15.8. The minimum absolute atomic E-state index is 0.00128. The van der Waals surface area contributed by atoms with Crippen molar-refractivity contribution in [2.75, 3.05) is 25.0 Å². The molecule has 1 aliphatic rings. The Balaban J connectivity index is 1.37. The molecule has 1 N–H and O–H groups in total. The third kappa shape index (κ3) is 5.03. The van der Waals surface area contributed by atoms with E-state index in [4.69, 9.17) is 4.98 Å². The Bertz CT molecular complexity index is 898. The number of amides is 1. The molecule has 1 saturated heterocycles. The lowest BCUT2D eigenvalue weighted by Gasteiger charge is -2.32. The molecule has 28 heavy (non-hydrogen) atoms. The summed E-state index contributed by atoms with van der Waals surface area (Å²) in [6.07, 6.45) is 4.75. The zero-order chi connectivity index (χ0) is 19.2. The number of aromatic nitrogens is 2. The van der Waals surface area contributed by atoms with Crippen LogP contribution in [0.4, 0.5) is 5.13 Å².